The molecule has 94 valence electrons. The average Bonchev–Trinajstić information content (AvgIpc) is 3.14. The Hall–Kier alpha value is -0.860. The second kappa shape index (κ2) is 5.65. The standard InChI is InChI=1S/C15H24N2/c1-3-17(10-13-4-5-13)11-15-7-6-14(9-16)8-12(15)2/h6-8,13H,3-5,9-11,16H2,1-2H3. The summed E-state index contributed by atoms with van der Waals surface area (Å²) in [4.78, 5) is 2.56. The number of rotatable bonds is 6. The first-order chi connectivity index (χ1) is 8.22. The van der Waals surface area contributed by atoms with Gasteiger partial charge in [-0.05, 0) is 48.9 Å². The van der Waals surface area contributed by atoms with Crippen LogP contribution >= 0.6 is 0 Å². The smallest absolute Gasteiger partial charge is 0.0236 e. The Balaban J connectivity index is 2.00. The van der Waals surface area contributed by atoms with Gasteiger partial charge in [0.25, 0.3) is 0 Å². The van der Waals surface area contributed by atoms with Gasteiger partial charge in [0, 0.05) is 19.6 Å². The van der Waals surface area contributed by atoms with E-state index in [1.165, 1.54) is 36.1 Å². The summed E-state index contributed by atoms with van der Waals surface area (Å²) >= 11 is 0. The zero-order valence-electron chi connectivity index (χ0n) is 11.1. The summed E-state index contributed by atoms with van der Waals surface area (Å²) in [6.07, 6.45) is 2.86. The van der Waals surface area contributed by atoms with Crippen LogP contribution in [0.2, 0.25) is 0 Å². The van der Waals surface area contributed by atoms with Gasteiger partial charge in [0.05, 0.1) is 0 Å². The predicted molar refractivity (Wildman–Crippen MR) is 72.7 cm³/mol. The van der Waals surface area contributed by atoms with Crippen molar-refractivity contribution < 1.29 is 0 Å². The van der Waals surface area contributed by atoms with E-state index in [1.807, 2.05) is 0 Å². The van der Waals surface area contributed by atoms with Gasteiger partial charge in [0.1, 0.15) is 0 Å². The van der Waals surface area contributed by atoms with Gasteiger partial charge in [-0.2, -0.15) is 0 Å². The molecule has 0 unspecified atom stereocenters. The van der Waals surface area contributed by atoms with E-state index in [4.69, 9.17) is 5.73 Å². The van der Waals surface area contributed by atoms with E-state index >= 15 is 0 Å². The molecule has 1 aliphatic rings. The number of aryl methyl sites for hydroxylation is 1. The molecule has 0 amide bonds. The molecular formula is C15H24N2. The SMILES string of the molecule is CCN(Cc1ccc(CN)cc1C)CC1CC1. The largest absolute Gasteiger partial charge is 0.326 e. The predicted octanol–water partition coefficient (Wildman–Crippen LogP) is 2.69. The summed E-state index contributed by atoms with van der Waals surface area (Å²) in [6.45, 7) is 8.60. The zero-order valence-corrected chi connectivity index (χ0v) is 11.1. The zero-order chi connectivity index (χ0) is 12.3. The lowest BCUT2D eigenvalue weighted by Crippen LogP contribution is -2.25. The fourth-order valence-corrected chi connectivity index (χ4v) is 2.27. The lowest BCUT2D eigenvalue weighted by molar-refractivity contribution is 0.268. The molecule has 1 aromatic rings. The molecule has 2 N–H and O–H groups in total. The van der Waals surface area contributed by atoms with Crippen molar-refractivity contribution in [2.45, 2.75) is 39.8 Å². The molecule has 0 aliphatic heterocycles. The van der Waals surface area contributed by atoms with Crippen molar-refractivity contribution in [3.63, 3.8) is 0 Å². The molecule has 0 spiro atoms. The molecule has 2 rings (SSSR count). The highest BCUT2D eigenvalue weighted by molar-refractivity contribution is 5.31. The minimum absolute atomic E-state index is 0.640. The van der Waals surface area contributed by atoms with Gasteiger partial charge in [0.2, 0.25) is 0 Å². The van der Waals surface area contributed by atoms with Crippen molar-refractivity contribution in [2.75, 3.05) is 13.1 Å². The van der Waals surface area contributed by atoms with E-state index in [1.54, 1.807) is 0 Å². The number of benzene rings is 1. The Bertz CT molecular complexity index is 369. The summed E-state index contributed by atoms with van der Waals surface area (Å²) in [5, 5.41) is 0. The fraction of sp³-hybridized carbons (Fsp3) is 0.600. The maximum absolute atomic E-state index is 5.66. The summed E-state index contributed by atoms with van der Waals surface area (Å²) in [5.74, 6) is 0.971. The second-order valence-electron chi connectivity index (χ2n) is 5.24. The first kappa shape index (κ1) is 12.6. The third-order valence-electron chi connectivity index (χ3n) is 3.70. The minimum atomic E-state index is 0.640. The van der Waals surface area contributed by atoms with Crippen LogP contribution in [0.25, 0.3) is 0 Å². The van der Waals surface area contributed by atoms with Gasteiger partial charge in [0.15, 0.2) is 0 Å². The Morgan fingerprint density at radius 2 is 2.12 bits per heavy atom. The molecule has 0 radical (unpaired) electrons. The molecule has 0 aromatic heterocycles. The van der Waals surface area contributed by atoms with Crippen LogP contribution in [-0.4, -0.2) is 18.0 Å². The van der Waals surface area contributed by atoms with E-state index in [-0.39, 0.29) is 0 Å². The van der Waals surface area contributed by atoms with Crippen molar-refractivity contribution in [1.82, 2.24) is 4.90 Å². The van der Waals surface area contributed by atoms with Crippen LogP contribution in [0.3, 0.4) is 0 Å². The van der Waals surface area contributed by atoms with E-state index in [2.05, 4.69) is 36.9 Å². The van der Waals surface area contributed by atoms with Crippen LogP contribution in [0.5, 0.6) is 0 Å². The van der Waals surface area contributed by atoms with Gasteiger partial charge in [-0.25, -0.2) is 0 Å². The molecule has 0 bridgehead atoms. The maximum Gasteiger partial charge on any atom is 0.0236 e. The lowest BCUT2D eigenvalue weighted by Gasteiger charge is -2.21. The minimum Gasteiger partial charge on any atom is -0.326 e. The molecule has 2 heteroatoms. The molecule has 0 saturated heterocycles. The van der Waals surface area contributed by atoms with Crippen LogP contribution in [0.1, 0.15) is 36.5 Å². The summed E-state index contributed by atoms with van der Waals surface area (Å²) in [7, 11) is 0. The van der Waals surface area contributed by atoms with Gasteiger partial charge in [-0.3, -0.25) is 4.90 Å². The third-order valence-corrected chi connectivity index (χ3v) is 3.70. The summed E-state index contributed by atoms with van der Waals surface area (Å²) in [5.41, 5.74) is 9.72. The molecule has 1 aliphatic carbocycles. The lowest BCUT2D eigenvalue weighted by atomic mass is 10.0. The normalized spacial score (nSPS) is 15.5. The van der Waals surface area contributed by atoms with Crippen LogP contribution in [0.15, 0.2) is 18.2 Å². The average molecular weight is 232 g/mol. The Labute approximate surface area is 105 Å². The Morgan fingerprint density at radius 1 is 1.35 bits per heavy atom. The quantitative estimate of drug-likeness (QED) is 0.817. The number of nitrogens with two attached hydrogens (primary N) is 1. The monoisotopic (exact) mass is 232 g/mol. The van der Waals surface area contributed by atoms with Crippen molar-refractivity contribution >= 4 is 0 Å². The first-order valence-corrected chi connectivity index (χ1v) is 6.73. The van der Waals surface area contributed by atoms with Crippen molar-refractivity contribution in [3.05, 3.63) is 34.9 Å². The van der Waals surface area contributed by atoms with Crippen molar-refractivity contribution in [1.29, 1.82) is 0 Å². The van der Waals surface area contributed by atoms with Crippen LogP contribution in [0, 0.1) is 12.8 Å². The molecule has 0 heterocycles. The van der Waals surface area contributed by atoms with E-state index in [9.17, 15) is 0 Å². The van der Waals surface area contributed by atoms with Crippen molar-refractivity contribution in [3.8, 4) is 0 Å². The van der Waals surface area contributed by atoms with Gasteiger partial charge in [-0.1, -0.05) is 25.1 Å². The summed E-state index contributed by atoms with van der Waals surface area (Å²) in [6, 6.07) is 6.63. The molecule has 1 aromatic carbocycles. The third kappa shape index (κ3) is 3.55. The molecule has 17 heavy (non-hydrogen) atoms. The Kier molecular flexibility index (Phi) is 4.19. The van der Waals surface area contributed by atoms with Gasteiger partial charge in [-0.15, -0.1) is 0 Å². The van der Waals surface area contributed by atoms with Crippen LogP contribution < -0.4 is 5.73 Å². The van der Waals surface area contributed by atoms with Crippen LogP contribution in [-0.2, 0) is 13.1 Å². The molecule has 2 nitrogen and oxygen atoms in total. The van der Waals surface area contributed by atoms with Gasteiger partial charge < -0.3 is 5.73 Å². The van der Waals surface area contributed by atoms with Gasteiger partial charge >= 0.3 is 0 Å². The van der Waals surface area contributed by atoms with E-state index in [0.717, 1.165) is 19.0 Å². The Morgan fingerprint density at radius 3 is 2.65 bits per heavy atom. The molecule has 1 fully saturated rings. The van der Waals surface area contributed by atoms with Crippen LogP contribution in [0.4, 0.5) is 0 Å². The van der Waals surface area contributed by atoms with E-state index < -0.39 is 0 Å². The van der Waals surface area contributed by atoms with Crippen molar-refractivity contribution in [2.24, 2.45) is 11.7 Å². The highest BCUT2D eigenvalue weighted by Crippen LogP contribution is 2.30. The number of hydrogen-bond acceptors (Lipinski definition) is 2. The first-order valence-electron chi connectivity index (χ1n) is 6.73. The molecular weight excluding hydrogens is 208 g/mol. The highest BCUT2D eigenvalue weighted by Gasteiger charge is 2.23. The summed E-state index contributed by atoms with van der Waals surface area (Å²) < 4.78 is 0. The molecule has 0 atom stereocenters. The number of hydrogen-bond donors (Lipinski definition) is 1. The maximum atomic E-state index is 5.66. The number of nitrogens with zero attached hydrogens (tertiary/aromatic N) is 1. The molecule has 1 saturated carbocycles. The fourth-order valence-electron chi connectivity index (χ4n) is 2.27. The topological polar surface area (TPSA) is 29.3 Å². The second-order valence-corrected chi connectivity index (χ2v) is 5.24. The highest BCUT2D eigenvalue weighted by atomic mass is 15.1. The van der Waals surface area contributed by atoms with E-state index in [0.29, 0.717) is 6.54 Å².